The van der Waals surface area contributed by atoms with Crippen molar-refractivity contribution in [1.82, 2.24) is 4.90 Å². The standard InChI is InChI=1S/C37H53NO4S.C2H6/c1-23(2)8-7-11-33(43)32-15-14-30-29-13-12-24-20-26(16-18-36(24,3)31(29)17-19-37(30,32)4)42-22-25(39)21-38-34(40)27-9-5-6-10-28(27)35(38)41;1-2/h5-6,9-10,12,23,25-26,29-33,39,43H,7-8,11,13-22H2,1-4H3;1-2H3/t25?,26?,29-,30+,31+,32?,33-,36?,37?;/m1./s1. The third-order valence-electron chi connectivity index (χ3n) is 12.7. The van der Waals surface area contributed by atoms with Crippen molar-refractivity contribution in [3.8, 4) is 0 Å². The van der Waals surface area contributed by atoms with E-state index in [0.29, 0.717) is 21.8 Å². The van der Waals surface area contributed by atoms with Gasteiger partial charge in [-0.3, -0.25) is 14.5 Å². The molecule has 1 aliphatic heterocycles. The molecule has 1 heterocycles. The van der Waals surface area contributed by atoms with Crippen molar-refractivity contribution in [1.29, 1.82) is 0 Å². The zero-order valence-electron chi connectivity index (χ0n) is 28.8. The van der Waals surface area contributed by atoms with Crippen molar-refractivity contribution >= 4 is 24.4 Å². The molecule has 45 heavy (non-hydrogen) atoms. The Hall–Kier alpha value is -1.63. The molecule has 4 aliphatic carbocycles. The number of ether oxygens (including phenoxy) is 1. The first kappa shape index (κ1) is 34.7. The second kappa shape index (κ2) is 14.2. The van der Waals surface area contributed by atoms with E-state index in [1.165, 1.54) is 51.4 Å². The monoisotopic (exact) mass is 637 g/mol. The maximum atomic E-state index is 12.7. The van der Waals surface area contributed by atoms with Crippen LogP contribution in [0.15, 0.2) is 35.9 Å². The average molecular weight is 638 g/mol. The summed E-state index contributed by atoms with van der Waals surface area (Å²) >= 11 is 5.23. The number of benzene rings is 1. The Morgan fingerprint density at radius 3 is 2.33 bits per heavy atom. The molecule has 0 saturated heterocycles. The lowest BCUT2D eigenvalue weighted by molar-refractivity contribution is -0.0680. The molecule has 0 aromatic heterocycles. The van der Waals surface area contributed by atoms with E-state index in [1.807, 2.05) is 13.8 Å². The molecule has 1 N–H and O–H groups in total. The summed E-state index contributed by atoms with van der Waals surface area (Å²) in [5, 5.41) is 11.3. The highest BCUT2D eigenvalue weighted by molar-refractivity contribution is 7.81. The molecular weight excluding hydrogens is 578 g/mol. The van der Waals surface area contributed by atoms with Crippen LogP contribution in [-0.2, 0) is 4.74 Å². The number of amides is 2. The van der Waals surface area contributed by atoms with Crippen molar-refractivity contribution in [3.63, 3.8) is 0 Å². The number of carbonyl (C=O) groups excluding carboxylic acids is 2. The number of hydrogen-bond acceptors (Lipinski definition) is 5. The number of aliphatic hydroxyl groups is 1. The van der Waals surface area contributed by atoms with Gasteiger partial charge < -0.3 is 9.84 Å². The molecule has 0 radical (unpaired) electrons. The number of carbonyl (C=O) groups is 2. The number of imide groups is 1. The lowest BCUT2D eigenvalue weighted by Gasteiger charge is -2.58. The SMILES string of the molecule is CC.CC(C)CCC[C@@H](S)C1CC[C@H]2[C@H]3CC=C4CC(OCC(O)CN5C(=O)c6ccccc6C5=O)CCC4(C)[C@H]3CCC12C. The zero-order valence-corrected chi connectivity index (χ0v) is 29.7. The van der Waals surface area contributed by atoms with Crippen molar-refractivity contribution in [2.24, 2.45) is 40.4 Å². The molecule has 1 aromatic carbocycles. The van der Waals surface area contributed by atoms with Crippen LogP contribution in [0.2, 0.25) is 0 Å². The van der Waals surface area contributed by atoms with Gasteiger partial charge in [-0.25, -0.2) is 0 Å². The summed E-state index contributed by atoms with van der Waals surface area (Å²) in [5.74, 6) is 3.23. The van der Waals surface area contributed by atoms with Crippen molar-refractivity contribution < 1.29 is 19.4 Å². The third kappa shape index (κ3) is 6.59. The number of allylic oxidation sites excluding steroid dienone is 1. The number of nitrogens with zero attached hydrogens (tertiary/aromatic N) is 1. The molecule has 5 unspecified atom stereocenters. The first-order chi connectivity index (χ1) is 21.5. The van der Waals surface area contributed by atoms with Crippen LogP contribution >= 0.6 is 12.6 Å². The van der Waals surface area contributed by atoms with Gasteiger partial charge in [0.05, 0.1) is 36.5 Å². The molecular formula is C39H59NO4S. The number of rotatable bonds is 10. The van der Waals surface area contributed by atoms with Crippen LogP contribution in [0.25, 0.3) is 0 Å². The molecule has 3 fully saturated rings. The molecule has 6 heteroatoms. The van der Waals surface area contributed by atoms with E-state index in [9.17, 15) is 14.7 Å². The quantitative estimate of drug-likeness (QED) is 0.153. The minimum atomic E-state index is -0.896. The van der Waals surface area contributed by atoms with E-state index >= 15 is 0 Å². The number of β-amino-alcohol motifs (C(OH)–C–C–N with tert-alkyl or cyclic N) is 1. The molecule has 9 atom stereocenters. The number of fused-ring (bicyclic) bond motifs is 6. The van der Waals surface area contributed by atoms with Crippen LogP contribution in [0.3, 0.4) is 0 Å². The van der Waals surface area contributed by atoms with Crippen LogP contribution in [0, 0.1) is 40.4 Å². The van der Waals surface area contributed by atoms with Gasteiger partial charge in [-0.15, -0.1) is 0 Å². The zero-order chi connectivity index (χ0) is 32.5. The molecule has 3 saturated carbocycles. The van der Waals surface area contributed by atoms with Crippen LogP contribution in [0.4, 0.5) is 0 Å². The third-order valence-corrected chi connectivity index (χ3v) is 13.3. The lowest BCUT2D eigenvalue weighted by Crippen LogP contribution is -2.51. The summed E-state index contributed by atoms with van der Waals surface area (Å²) in [6, 6.07) is 6.86. The van der Waals surface area contributed by atoms with Gasteiger partial charge in [0.2, 0.25) is 0 Å². The van der Waals surface area contributed by atoms with Crippen LogP contribution in [0.5, 0.6) is 0 Å². The van der Waals surface area contributed by atoms with E-state index in [0.717, 1.165) is 53.8 Å². The van der Waals surface area contributed by atoms with Gasteiger partial charge in [-0.2, -0.15) is 12.6 Å². The van der Waals surface area contributed by atoms with Gasteiger partial charge in [0.25, 0.3) is 11.8 Å². The molecule has 0 bridgehead atoms. The van der Waals surface area contributed by atoms with Crippen molar-refractivity contribution in [3.05, 3.63) is 47.0 Å². The van der Waals surface area contributed by atoms with Crippen LogP contribution in [0.1, 0.15) is 133 Å². The van der Waals surface area contributed by atoms with E-state index in [-0.39, 0.29) is 36.5 Å². The molecule has 6 rings (SSSR count). The second-order valence-corrected chi connectivity index (χ2v) is 16.2. The minimum absolute atomic E-state index is 0.0325. The summed E-state index contributed by atoms with van der Waals surface area (Å²) in [5.41, 5.74) is 3.08. The van der Waals surface area contributed by atoms with Gasteiger partial charge in [-0.05, 0) is 110 Å². The molecule has 0 spiro atoms. The normalized spacial score (nSPS) is 35.1. The molecule has 5 aliphatic rings. The highest BCUT2D eigenvalue weighted by Gasteiger charge is 2.59. The Labute approximate surface area is 278 Å². The topological polar surface area (TPSA) is 66.8 Å². The lowest BCUT2D eigenvalue weighted by atomic mass is 9.47. The van der Waals surface area contributed by atoms with Crippen LogP contribution < -0.4 is 0 Å². The number of thiol groups is 1. The smallest absolute Gasteiger partial charge is 0.261 e. The second-order valence-electron chi connectivity index (χ2n) is 15.5. The Bertz CT molecular complexity index is 1210. The van der Waals surface area contributed by atoms with Gasteiger partial charge in [0, 0.05) is 5.25 Å². The highest BCUT2D eigenvalue weighted by atomic mass is 32.1. The van der Waals surface area contributed by atoms with E-state index < -0.39 is 6.10 Å². The van der Waals surface area contributed by atoms with Crippen LogP contribution in [-0.4, -0.2) is 52.4 Å². The Morgan fingerprint density at radius 2 is 1.67 bits per heavy atom. The number of hydrogen-bond donors (Lipinski definition) is 2. The summed E-state index contributed by atoms with van der Waals surface area (Å²) in [4.78, 5) is 26.6. The Balaban J connectivity index is 0.00000196. The largest absolute Gasteiger partial charge is 0.389 e. The van der Waals surface area contributed by atoms with Gasteiger partial charge in [0.15, 0.2) is 0 Å². The molecule has 2 amide bonds. The fraction of sp³-hybridized carbons (Fsp3) is 0.744. The summed E-state index contributed by atoms with van der Waals surface area (Å²) < 4.78 is 6.26. The summed E-state index contributed by atoms with van der Waals surface area (Å²) in [6.45, 7) is 13.9. The maximum absolute atomic E-state index is 12.7. The predicted molar refractivity (Wildman–Crippen MR) is 186 cm³/mol. The first-order valence-corrected chi connectivity index (χ1v) is 18.7. The first-order valence-electron chi connectivity index (χ1n) is 18.2. The number of aliphatic hydroxyl groups excluding tert-OH is 1. The van der Waals surface area contributed by atoms with Gasteiger partial charge in [0.1, 0.15) is 0 Å². The fourth-order valence-electron chi connectivity index (χ4n) is 10.3. The van der Waals surface area contributed by atoms with Gasteiger partial charge >= 0.3 is 0 Å². The molecule has 250 valence electrons. The Kier molecular flexibility index (Phi) is 11.0. The minimum Gasteiger partial charge on any atom is -0.389 e. The summed E-state index contributed by atoms with van der Waals surface area (Å²) in [7, 11) is 0. The Morgan fingerprint density at radius 1 is 0.978 bits per heavy atom. The van der Waals surface area contributed by atoms with Crippen molar-refractivity contribution in [2.75, 3.05) is 13.2 Å². The van der Waals surface area contributed by atoms with E-state index in [1.54, 1.807) is 29.8 Å². The average Bonchev–Trinajstić information content (AvgIpc) is 3.50. The van der Waals surface area contributed by atoms with Gasteiger partial charge in [-0.1, -0.05) is 78.2 Å². The van der Waals surface area contributed by atoms with Crippen molar-refractivity contribution in [2.45, 2.75) is 130 Å². The summed E-state index contributed by atoms with van der Waals surface area (Å²) in [6.07, 6.45) is 15.3. The molecule has 5 nitrogen and oxygen atoms in total. The molecule has 1 aromatic rings. The maximum Gasteiger partial charge on any atom is 0.261 e. The highest BCUT2D eigenvalue weighted by Crippen LogP contribution is 2.67. The van der Waals surface area contributed by atoms with E-state index in [4.69, 9.17) is 17.4 Å². The fourth-order valence-corrected chi connectivity index (χ4v) is 11.0. The predicted octanol–water partition coefficient (Wildman–Crippen LogP) is 8.76. The van der Waals surface area contributed by atoms with E-state index in [2.05, 4.69) is 33.8 Å².